The highest BCUT2D eigenvalue weighted by Crippen LogP contribution is 2.41. The molecule has 0 spiro atoms. The second kappa shape index (κ2) is 15.2. The molecule has 2 amide bonds. The molecule has 0 aliphatic rings. The van der Waals surface area contributed by atoms with Crippen molar-refractivity contribution in [1.29, 1.82) is 0 Å². The van der Waals surface area contributed by atoms with Gasteiger partial charge in [0.05, 0.1) is 11.2 Å². The van der Waals surface area contributed by atoms with Crippen LogP contribution < -0.4 is 20.8 Å². The van der Waals surface area contributed by atoms with Crippen molar-refractivity contribution in [2.75, 3.05) is 59.7 Å². The monoisotopic (exact) mass is 669 g/mol. The van der Waals surface area contributed by atoms with Crippen molar-refractivity contribution in [3.63, 3.8) is 0 Å². The maximum atomic E-state index is 13.7. The van der Waals surface area contributed by atoms with E-state index in [1.165, 1.54) is 17.5 Å². The minimum atomic E-state index is -1.30. The number of carboxylic acid groups (broad SMARTS) is 1. The summed E-state index contributed by atoms with van der Waals surface area (Å²) in [7, 11) is 7.76. The molecule has 0 fully saturated rings. The Hall–Kier alpha value is -5.11. The van der Waals surface area contributed by atoms with Crippen molar-refractivity contribution in [2.45, 2.75) is 13.5 Å². The second-order valence-corrected chi connectivity index (χ2v) is 12.6. The molecule has 3 heterocycles. The summed E-state index contributed by atoms with van der Waals surface area (Å²) in [5.41, 5.74) is 3.19. The van der Waals surface area contributed by atoms with Gasteiger partial charge in [-0.2, -0.15) is 0 Å². The van der Waals surface area contributed by atoms with E-state index >= 15 is 0 Å². The lowest BCUT2D eigenvalue weighted by Gasteiger charge is -2.20. The normalized spacial score (nSPS) is 11.3. The van der Waals surface area contributed by atoms with Crippen LogP contribution in [0.4, 0.5) is 10.6 Å². The number of hydrogen-bond donors (Lipinski definition) is 3. The Labute approximate surface area is 282 Å². The Morgan fingerprint density at radius 2 is 1.75 bits per heavy atom. The standard InChI is InChI=1S/C35H39N7O5S/c1-6-36-35(46)39-31-17-24(33-38-28(21-48-33)22-10-8-7-9-11-22)26(19-37-31)23-16-25-29(18-30(23)47-15-14-41(4)5)42(13-12-40(2)3)20-27(32(25)43)34(44)45/h7-11,16-21H,6,12-15H2,1-5H3,(H,44,45)(H2,36,37,39,46). The molecule has 5 rings (SSSR count). The van der Waals surface area contributed by atoms with Gasteiger partial charge in [-0.1, -0.05) is 30.3 Å². The number of carboxylic acids is 1. The van der Waals surface area contributed by atoms with Crippen molar-refractivity contribution in [1.82, 2.24) is 29.7 Å². The van der Waals surface area contributed by atoms with Crippen LogP contribution >= 0.6 is 11.3 Å². The van der Waals surface area contributed by atoms with E-state index < -0.39 is 17.4 Å². The summed E-state index contributed by atoms with van der Waals surface area (Å²) in [5.74, 6) is -0.489. The van der Waals surface area contributed by atoms with Crippen molar-refractivity contribution >= 4 is 40.1 Å². The Balaban J connectivity index is 1.76. The summed E-state index contributed by atoms with van der Waals surface area (Å²) in [5, 5.41) is 18.3. The van der Waals surface area contributed by atoms with Gasteiger partial charge in [-0.3, -0.25) is 10.1 Å². The summed E-state index contributed by atoms with van der Waals surface area (Å²) in [6.45, 7) is 4.33. The Bertz CT molecular complexity index is 1990. The zero-order chi connectivity index (χ0) is 34.4. The molecule has 0 aliphatic heterocycles. The molecule has 0 bridgehead atoms. The molecule has 0 saturated carbocycles. The van der Waals surface area contributed by atoms with Crippen molar-refractivity contribution < 1.29 is 19.4 Å². The number of nitrogens with one attached hydrogen (secondary N) is 2. The van der Waals surface area contributed by atoms with Gasteiger partial charge < -0.3 is 29.5 Å². The summed E-state index contributed by atoms with van der Waals surface area (Å²) in [6.07, 6.45) is 3.02. The van der Waals surface area contributed by atoms with Crippen LogP contribution in [0.2, 0.25) is 0 Å². The first-order chi connectivity index (χ1) is 23.0. The predicted molar refractivity (Wildman–Crippen MR) is 190 cm³/mol. The number of likely N-dealkylation sites (N-methyl/N-ethyl adjacent to an activating group) is 2. The van der Waals surface area contributed by atoms with Crippen LogP contribution in [0.1, 0.15) is 17.3 Å². The summed E-state index contributed by atoms with van der Waals surface area (Å²) >= 11 is 1.43. The van der Waals surface area contributed by atoms with E-state index in [0.717, 1.165) is 11.3 Å². The molecular weight excluding hydrogens is 630 g/mol. The van der Waals surface area contributed by atoms with Crippen LogP contribution in [0.25, 0.3) is 43.9 Å². The number of rotatable bonds is 13. The lowest BCUT2D eigenvalue weighted by molar-refractivity contribution is 0.0694. The Morgan fingerprint density at radius 1 is 1.00 bits per heavy atom. The van der Waals surface area contributed by atoms with Gasteiger partial charge in [0.1, 0.15) is 28.7 Å². The summed E-state index contributed by atoms with van der Waals surface area (Å²) < 4.78 is 8.18. The largest absolute Gasteiger partial charge is 0.492 e. The van der Waals surface area contributed by atoms with Gasteiger partial charge in [-0.05, 0) is 47.2 Å². The first-order valence-electron chi connectivity index (χ1n) is 15.5. The predicted octanol–water partition coefficient (Wildman–Crippen LogP) is 5.20. The van der Waals surface area contributed by atoms with Crippen molar-refractivity contribution in [3.8, 4) is 38.7 Å². The van der Waals surface area contributed by atoms with Gasteiger partial charge in [0.2, 0.25) is 5.43 Å². The van der Waals surface area contributed by atoms with E-state index in [4.69, 9.17) is 9.72 Å². The minimum absolute atomic E-state index is 0.239. The third-order valence-corrected chi connectivity index (χ3v) is 8.45. The fraction of sp³-hybridized carbons (Fsp3) is 0.286. The quantitative estimate of drug-likeness (QED) is 0.154. The molecule has 12 nitrogen and oxygen atoms in total. The molecule has 3 aromatic heterocycles. The molecule has 250 valence electrons. The molecule has 0 aliphatic carbocycles. The number of hydrogen-bond acceptors (Lipinski definition) is 9. The number of amides is 2. The Morgan fingerprint density at radius 3 is 2.44 bits per heavy atom. The molecule has 0 atom stereocenters. The molecule has 3 N–H and O–H groups in total. The van der Waals surface area contributed by atoms with Crippen LogP contribution in [0.5, 0.6) is 5.75 Å². The molecule has 0 unspecified atom stereocenters. The zero-order valence-electron chi connectivity index (χ0n) is 27.6. The molecule has 48 heavy (non-hydrogen) atoms. The number of anilines is 1. The van der Waals surface area contributed by atoms with Gasteiger partial charge in [0, 0.05) is 77.7 Å². The zero-order valence-corrected chi connectivity index (χ0v) is 28.4. The highest BCUT2D eigenvalue weighted by molar-refractivity contribution is 7.13. The smallest absolute Gasteiger partial charge is 0.341 e. The first kappa shape index (κ1) is 34.2. The van der Waals surface area contributed by atoms with E-state index in [1.54, 1.807) is 29.0 Å². The molecule has 0 saturated heterocycles. The number of nitrogens with zero attached hydrogens (tertiary/aromatic N) is 5. The van der Waals surface area contributed by atoms with E-state index in [2.05, 4.69) is 15.6 Å². The SMILES string of the molecule is CCNC(=O)Nc1cc(-c2nc(-c3ccccc3)cs2)c(-c2cc3c(=O)c(C(=O)O)cn(CCN(C)C)c3cc2OCCN(C)C)cn1. The van der Waals surface area contributed by atoms with Gasteiger partial charge in [-0.25, -0.2) is 19.6 Å². The molecule has 2 aromatic carbocycles. The van der Waals surface area contributed by atoms with Gasteiger partial charge in [0.25, 0.3) is 0 Å². The number of fused-ring (bicyclic) bond motifs is 1. The van der Waals surface area contributed by atoms with E-state index in [-0.39, 0.29) is 10.9 Å². The van der Waals surface area contributed by atoms with Crippen LogP contribution in [0.15, 0.2) is 71.1 Å². The lowest BCUT2D eigenvalue weighted by Crippen LogP contribution is -2.28. The van der Waals surface area contributed by atoms with Crippen molar-refractivity contribution in [2.24, 2.45) is 0 Å². The number of urea groups is 1. The van der Waals surface area contributed by atoms with Crippen LogP contribution in [-0.4, -0.2) is 95.9 Å². The van der Waals surface area contributed by atoms with Crippen molar-refractivity contribution in [3.05, 3.63) is 82.1 Å². The number of carbonyl (C=O) groups is 2. The van der Waals surface area contributed by atoms with Gasteiger partial charge in [-0.15, -0.1) is 11.3 Å². The topological polar surface area (TPSA) is 142 Å². The highest BCUT2D eigenvalue weighted by atomic mass is 32.1. The van der Waals surface area contributed by atoms with Crippen LogP contribution in [0.3, 0.4) is 0 Å². The number of aromatic nitrogens is 3. The third-order valence-electron chi connectivity index (χ3n) is 7.57. The fourth-order valence-electron chi connectivity index (χ4n) is 5.11. The summed E-state index contributed by atoms with van der Waals surface area (Å²) in [4.78, 5) is 51.8. The number of benzene rings is 2. The molecular formula is C35H39N7O5S. The number of aromatic carboxylic acids is 1. The number of ether oxygens (including phenoxy) is 1. The van der Waals surface area contributed by atoms with E-state index in [1.807, 2.05) is 80.6 Å². The lowest BCUT2D eigenvalue weighted by atomic mass is 9.98. The number of carbonyl (C=O) groups excluding carboxylic acids is 1. The molecule has 13 heteroatoms. The highest BCUT2D eigenvalue weighted by Gasteiger charge is 2.22. The first-order valence-corrected chi connectivity index (χ1v) is 16.4. The summed E-state index contributed by atoms with van der Waals surface area (Å²) in [6, 6.07) is 14.6. The molecule has 0 radical (unpaired) electrons. The van der Waals surface area contributed by atoms with E-state index in [0.29, 0.717) is 71.6 Å². The maximum Gasteiger partial charge on any atom is 0.341 e. The average Bonchev–Trinajstić information content (AvgIpc) is 3.55. The van der Waals surface area contributed by atoms with Crippen LogP contribution in [0, 0.1) is 0 Å². The Kier molecular flexibility index (Phi) is 10.8. The fourth-order valence-corrected chi connectivity index (χ4v) is 5.97. The second-order valence-electron chi connectivity index (χ2n) is 11.7. The van der Waals surface area contributed by atoms with E-state index in [9.17, 15) is 19.5 Å². The minimum Gasteiger partial charge on any atom is -0.492 e. The average molecular weight is 670 g/mol. The van der Waals surface area contributed by atoms with Crippen LogP contribution in [-0.2, 0) is 6.54 Å². The van der Waals surface area contributed by atoms with Gasteiger partial charge >= 0.3 is 12.0 Å². The number of pyridine rings is 2. The maximum absolute atomic E-state index is 13.7. The third kappa shape index (κ3) is 7.88. The van der Waals surface area contributed by atoms with Gasteiger partial charge in [0.15, 0.2) is 0 Å². The molecule has 5 aromatic rings. The number of thiazole rings is 1.